The van der Waals surface area contributed by atoms with E-state index < -0.39 is 0 Å². The van der Waals surface area contributed by atoms with E-state index in [1.165, 1.54) is 5.57 Å². The highest BCUT2D eigenvalue weighted by Gasteiger charge is 2.24. The van der Waals surface area contributed by atoms with Crippen molar-refractivity contribution < 1.29 is 4.79 Å². The predicted octanol–water partition coefficient (Wildman–Crippen LogP) is 2.06. The van der Waals surface area contributed by atoms with Crippen molar-refractivity contribution in [3.63, 3.8) is 0 Å². The summed E-state index contributed by atoms with van der Waals surface area (Å²) in [6.07, 6.45) is 3.79. The summed E-state index contributed by atoms with van der Waals surface area (Å²) < 4.78 is 0. The van der Waals surface area contributed by atoms with Gasteiger partial charge < -0.3 is 0 Å². The molecule has 0 spiro atoms. The van der Waals surface area contributed by atoms with Crippen LogP contribution in [0.4, 0.5) is 0 Å². The van der Waals surface area contributed by atoms with Crippen molar-refractivity contribution in [3.8, 4) is 0 Å². The highest BCUT2D eigenvalue weighted by atomic mass is 16.1. The molecule has 0 atom stereocenters. The molecule has 2 aliphatic rings. The molecule has 4 heteroatoms. The van der Waals surface area contributed by atoms with Crippen molar-refractivity contribution in [2.75, 3.05) is 13.1 Å². The van der Waals surface area contributed by atoms with Crippen LogP contribution < -0.4 is 5.84 Å². The number of hydrogen-bond donors (Lipinski definition) is 1. The van der Waals surface area contributed by atoms with Gasteiger partial charge in [-0.1, -0.05) is 35.9 Å². The number of benzene rings is 1. The number of nitrogens with zero attached hydrogens (tertiary/aromatic N) is 2. The van der Waals surface area contributed by atoms with E-state index in [0.29, 0.717) is 6.54 Å². The maximum atomic E-state index is 12.4. The van der Waals surface area contributed by atoms with Gasteiger partial charge in [-0.3, -0.25) is 10.6 Å². The highest BCUT2D eigenvalue weighted by Crippen LogP contribution is 2.25. The van der Waals surface area contributed by atoms with E-state index in [0.717, 1.165) is 49.1 Å². The second-order valence-corrected chi connectivity index (χ2v) is 5.39. The monoisotopic (exact) mass is 269 g/mol. The van der Waals surface area contributed by atoms with Crippen LogP contribution in [0.15, 0.2) is 46.5 Å². The van der Waals surface area contributed by atoms with Gasteiger partial charge in [0.1, 0.15) is 0 Å². The van der Waals surface area contributed by atoms with Gasteiger partial charge in [-0.15, -0.1) is 0 Å². The Bertz CT molecular complexity index is 575. The molecule has 2 N–H and O–H groups in total. The molecule has 0 saturated carbocycles. The van der Waals surface area contributed by atoms with Crippen molar-refractivity contribution in [1.29, 1.82) is 0 Å². The quantitative estimate of drug-likeness (QED) is 0.794. The summed E-state index contributed by atoms with van der Waals surface area (Å²) in [7, 11) is 0. The molecule has 0 bridgehead atoms. The van der Waals surface area contributed by atoms with E-state index in [-0.39, 0.29) is 5.91 Å². The first-order chi connectivity index (χ1) is 9.74. The average Bonchev–Trinajstić information content (AvgIpc) is 2.46. The van der Waals surface area contributed by atoms with E-state index in [1.54, 1.807) is 5.01 Å². The van der Waals surface area contributed by atoms with Crippen molar-refractivity contribution in [1.82, 2.24) is 5.01 Å². The Morgan fingerprint density at radius 3 is 2.70 bits per heavy atom. The summed E-state index contributed by atoms with van der Waals surface area (Å²) >= 11 is 0. The second kappa shape index (κ2) is 5.69. The maximum Gasteiger partial charge on any atom is 0.274 e. The van der Waals surface area contributed by atoms with Crippen molar-refractivity contribution in [2.45, 2.75) is 25.7 Å². The summed E-state index contributed by atoms with van der Waals surface area (Å²) in [5.74, 6) is 5.74. The van der Waals surface area contributed by atoms with Crippen LogP contribution in [0.3, 0.4) is 0 Å². The van der Waals surface area contributed by atoms with Crippen LogP contribution in [-0.4, -0.2) is 29.7 Å². The largest absolute Gasteiger partial charge is 0.274 e. The van der Waals surface area contributed by atoms with Crippen LogP contribution in [0, 0.1) is 0 Å². The van der Waals surface area contributed by atoms with Crippen molar-refractivity contribution >= 4 is 11.6 Å². The van der Waals surface area contributed by atoms with Gasteiger partial charge >= 0.3 is 0 Å². The number of carbonyl (C=O) groups excluding carboxylic acids is 1. The first-order valence-electron chi connectivity index (χ1n) is 7.12. The third-order valence-electron chi connectivity index (χ3n) is 3.98. The van der Waals surface area contributed by atoms with Crippen LogP contribution in [0.5, 0.6) is 0 Å². The molecule has 0 aliphatic carbocycles. The zero-order chi connectivity index (χ0) is 13.9. The van der Waals surface area contributed by atoms with Crippen LogP contribution in [0.1, 0.15) is 31.2 Å². The van der Waals surface area contributed by atoms with Crippen molar-refractivity contribution in [2.24, 2.45) is 10.8 Å². The zero-order valence-electron chi connectivity index (χ0n) is 11.5. The molecule has 20 heavy (non-hydrogen) atoms. The van der Waals surface area contributed by atoms with Gasteiger partial charge in [0, 0.05) is 18.7 Å². The predicted molar refractivity (Wildman–Crippen MR) is 79.2 cm³/mol. The SMILES string of the molecule is NN1CCC2=C(C1)C(=O)N=C(c1ccccc1)CCC2. The standard InChI is InChI=1S/C16H19N3O/c17-19-10-9-12-7-4-8-15(13-5-2-1-3-6-13)18-16(20)14(12)11-19/h1-3,5-6H,4,7-11,17H2. The molecule has 0 saturated heterocycles. The number of hydrazine groups is 1. The second-order valence-electron chi connectivity index (χ2n) is 5.39. The lowest BCUT2D eigenvalue weighted by molar-refractivity contribution is -0.114. The van der Waals surface area contributed by atoms with Crippen molar-refractivity contribution in [3.05, 3.63) is 47.0 Å². The molecule has 0 radical (unpaired) electrons. The average molecular weight is 269 g/mol. The third-order valence-corrected chi connectivity index (χ3v) is 3.98. The number of amides is 1. The highest BCUT2D eigenvalue weighted by molar-refractivity contribution is 6.10. The van der Waals surface area contributed by atoms with Crippen LogP contribution >= 0.6 is 0 Å². The summed E-state index contributed by atoms with van der Waals surface area (Å²) in [4.78, 5) is 16.8. The van der Waals surface area contributed by atoms with E-state index in [2.05, 4.69) is 4.99 Å². The number of rotatable bonds is 1. The van der Waals surface area contributed by atoms with Gasteiger partial charge in [-0.25, -0.2) is 10.0 Å². The number of nitrogens with two attached hydrogens (primary N) is 1. The Hall–Kier alpha value is -1.78. The molecule has 104 valence electrons. The van der Waals surface area contributed by atoms with E-state index in [9.17, 15) is 4.79 Å². The number of hydrogen-bond acceptors (Lipinski definition) is 3. The van der Waals surface area contributed by atoms with Gasteiger partial charge in [-0.2, -0.15) is 0 Å². The first-order valence-corrected chi connectivity index (χ1v) is 7.12. The van der Waals surface area contributed by atoms with Gasteiger partial charge in [0.15, 0.2) is 0 Å². The summed E-state index contributed by atoms with van der Waals surface area (Å²) in [5.41, 5.74) is 4.01. The fraction of sp³-hybridized carbons (Fsp3) is 0.375. The van der Waals surface area contributed by atoms with Gasteiger partial charge in [-0.05, 0) is 31.2 Å². The molecular formula is C16H19N3O. The summed E-state index contributed by atoms with van der Waals surface area (Å²) in [5, 5.41) is 1.70. The van der Waals surface area contributed by atoms with Gasteiger partial charge in [0.05, 0.1) is 5.71 Å². The van der Waals surface area contributed by atoms with E-state index in [4.69, 9.17) is 5.84 Å². The molecule has 4 nitrogen and oxygen atoms in total. The Morgan fingerprint density at radius 2 is 1.90 bits per heavy atom. The molecule has 0 fully saturated rings. The maximum absolute atomic E-state index is 12.4. The Morgan fingerprint density at radius 1 is 1.10 bits per heavy atom. The third kappa shape index (κ3) is 2.71. The number of carbonyl (C=O) groups is 1. The topological polar surface area (TPSA) is 58.7 Å². The normalized spacial score (nSPS) is 21.1. The lowest BCUT2D eigenvalue weighted by atomic mass is 9.92. The lowest BCUT2D eigenvalue weighted by Gasteiger charge is -2.27. The fourth-order valence-corrected chi connectivity index (χ4v) is 2.87. The zero-order valence-corrected chi connectivity index (χ0v) is 11.5. The van der Waals surface area contributed by atoms with E-state index in [1.807, 2.05) is 30.3 Å². The molecule has 3 rings (SSSR count). The lowest BCUT2D eigenvalue weighted by Crippen LogP contribution is -2.39. The first kappa shape index (κ1) is 13.2. The Labute approximate surface area is 119 Å². The van der Waals surface area contributed by atoms with Crippen LogP contribution in [0.25, 0.3) is 0 Å². The minimum atomic E-state index is -0.103. The molecule has 1 aromatic carbocycles. The van der Waals surface area contributed by atoms with Gasteiger partial charge in [0.25, 0.3) is 5.91 Å². The molecule has 1 aromatic rings. The smallest absolute Gasteiger partial charge is 0.268 e. The summed E-state index contributed by atoms with van der Waals surface area (Å²) in [6, 6.07) is 9.96. The van der Waals surface area contributed by atoms with Crippen LogP contribution in [0.2, 0.25) is 0 Å². The Kier molecular flexibility index (Phi) is 3.76. The molecule has 0 unspecified atom stereocenters. The molecular weight excluding hydrogens is 250 g/mol. The minimum Gasteiger partial charge on any atom is -0.268 e. The molecule has 0 aromatic heterocycles. The molecule has 2 aliphatic heterocycles. The molecule has 1 amide bonds. The van der Waals surface area contributed by atoms with Gasteiger partial charge in [0.2, 0.25) is 0 Å². The number of aliphatic imine (C=N–C) groups is 1. The fourth-order valence-electron chi connectivity index (χ4n) is 2.87. The van der Waals surface area contributed by atoms with E-state index >= 15 is 0 Å². The molecule has 2 heterocycles. The Balaban J connectivity index is 1.93. The minimum absolute atomic E-state index is 0.103. The van der Waals surface area contributed by atoms with Crippen LogP contribution in [-0.2, 0) is 4.79 Å². The summed E-state index contributed by atoms with van der Waals surface area (Å²) in [6.45, 7) is 1.36.